The topological polar surface area (TPSA) is 72.0 Å². The molecule has 0 heterocycles. The highest BCUT2D eigenvalue weighted by atomic mass is 16.5. The van der Waals surface area contributed by atoms with E-state index in [4.69, 9.17) is 9.47 Å². The Labute approximate surface area is 147 Å². The van der Waals surface area contributed by atoms with Crippen LogP contribution in [0, 0.1) is 0 Å². The molecule has 0 aromatic heterocycles. The summed E-state index contributed by atoms with van der Waals surface area (Å²) >= 11 is 0. The van der Waals surface area contributed by atoms with Gasteiger partial charge in [-0.05, 0) is 30.7 Å². The van der Waals surface area contributed by atoms with E-state index in [1.807, 2.05) is 43.3 Å². The van der Waals surface area contributed by atoms with Gasteiger partial charge in [-0.25, -0.2) is 5.43 Å². The molecular weight excluding hydrogens is 318 g/mol. The molecule has 6 heteroatoms. The fourth-order valence-corrected chi connectivity index (χ4v) is 2.26. The lowest BCUT2D eigenvalue weighted by Crippen LogP contribution is -2.36. The van der Waals surface area contributed by atoms with Crippen LogP contribution in [0.25, 0.3) is 0 Å². The van der Waals surface area contributed by atoms with Crippen molar-refractivity contribution < 1.29 is 14.3 Å². The number of carbonyl (C=O) groups is 1. The van der Waals surface area contributed by atoms with Crippen LogP contribution >= 0.6 is 0 Å². The summed E-state index contributed by atoms with van der Waals surface area (Å²) in [5.41, 5.74) is 4.20. The maximum atomic E-state index is 12.3. The Kier molecular flexibility index (Phi) is 6.83. The number of methoxy groups -OCH3 is 2. The molecule has 132 valence electrons. The van der Waals surface area contributed by atoms with E-state index in [0.29, 0.717) is 17.9 Å². The first-order valence-corrected chi connectivity index (χ1v) is 8.04. The van der Waals surface area contributed by atoms with Crippen LogP contribution in [-0.4, -0.2) is 32.4 Å². The van der Waals surface area contributed by atoms with Crippen molar-refractivity contribution in [2.45, 2.75) is 19.4 Å². The molecule has 25 heavy (non-hydrogen) atoms. The van der Waals surface area contributed by atoms with Gasteiger partial charge in [0.2, 0.25) is 0 Å². The average Bonchev–Trinajstić information content (AvgIpc) is 2.66. The molecule has 2 aromatic rings. The molecule has 0 aliphatic heterocycles. The predicted octanol–water partition coefficient (Wildman–Crippen LogP) is 3.04. The molecule has 0 bridgehead atoms. The summed E-state index contributed by atoms with van der Waals surface area (Å²) in [5, 5.41) is 7.22. The maximum absolute atomic E-state index is 12.3. The van der Waals surface area contributed by atoms with E-state index in [1.54, 1.807) is 32.6 Å². The second-order valence-corrected chi connectivity index (χ2v) is 5.31. The number of hydrogen-bond donors (Lipinski definition) is 2. The Bertz CT molecular complexity index is 717. The zero-order valence-electron chi connectivity index (χ0n) is 14.7. The largest absolute Gasteiger partial charge is 0.497 e. The Morgan fingerprint density at radius 2 is 1.92 bits per heavy atom. The Balaban J connectivity index is 1.99. The minimum atomic E-state index is -0.364. The van der Waals surface area contributed by atoms with Crippen molar-refractivity contribution >= 4 is 17.8 Å². The summed E-state index contributed by atoms with van der Waals surface area (Å²) in [6.45, 7) is 1.94. The van der Waals surface area contributed by atoms with E-state index < -0.39 is 0 Å². The number of hydrogen-bond acceptors (Lipinski definition) is 5. The van der Waals surface area contributed by atoms with E-state index in [9.17, 15) is 4.79 Å². The number of para-hydroxylation sites is 1. The minimum absolute atomic E-state index is 0.199. The molecule has 0 aliphatic carbocycles. The second kappa shape index (κ2) is 9.32. The molecule has 2 rings (SSSR count). The molecule has 0 saturated carbocycles. The number of carbonyl (C=O) groups excluding carboxylic acids is 1. The minimum Gasteiger partial charge on any atom is -0.497 e. The van der Waals surface area contributed by atoms with E-state index in [0.717, 1.165) is 11.3 Å². The lowest BCUT2D eigenvalue weighted by molar-refractivity contribution is -0.121. The predicted molar refractivity (Wildman–Crippen MR) is 99.4 cm³/mol. The lowest BCUT2D eigenvalue weighted by atomic mass is 10.2. The number of amides is 1. The summed E-state index contributed by atoms with van der Waals surface area (Å²) < 4.78 is 10.5. The molecule has 6 nitrogen and oxygen atoms in total. The van der Waals surface area contributed by atoms with Gasteiger partial charge in [0.15, 0.2) is 0 Å². The highest BCUT2D eigenvalue weighted by Gasteiger charge is 2.15. The van der Waals surface area contributed by atoms with Crippen LogP contribution in [0.2, 0.25) is 0 Å². The van der Waals surface area contributed by atoms with Crippen LogP contribution in [0.4, 0.5) is 5.69 Å². The van der Waals surface area contributed by atoms with Crippen LogP contribution in [0.15, 0.2) is 53.6 Å². The van der Waals surface area contributed by atoms with Crippen molar-refractivity contribution in [2.24, 2.45) is 5.10 Å². The van der Waals surface area contributed by atoms with Crippen LogP contribution in [0.1, 0.15) is 18.9 Å². The Morgan fingerprint density at radius 3 is 2.56 bits per heavy atom. The summed E-state index contributed by atoms with van der Waals surface area (Å²) in [7, 11) is 3.16. The van der Waals surface area contributed by atoms with Crippen molar-refractivity contribution in [1.82, 2.24) is 5.43 Å². The normalized spacial score (nSPS) is 11.8. The number of anilines is 1. The van der Waals surface area contributed by atoms with E-state index in [2.05, 4.69) is 15.8 Å². The van der Waals surface area contributed by atoms with Gasteiger partial charge < -0.3 is 14.8 Å². The molecular formula is C19H23N3O3. The molecule has 1 atom stereocenters. The number of benzene rings is 2. The third kappa shape index (κ3) is 5.24. The third-order valence-electron chi connectivity index (χ3n) is 3.66. The van der Waals surface area contributed by atoms with Gasteiger partial charge in [0.25, 0.3) is 5.91 Å². The zero-order valence-corrected chi connectivity index (χ0v) is 14.7. The van der Waals surface area contributed by atoms with Gasteiger partial charge in [0.05, 0.1) is 20.4 Å². The highest BCUT2D eigenvalue weighted by Crippen LogP contribution is 2.23. The van der Waals surface area contributed by atoms with Crippen LogP contribution in [0.5, 0.6) is 11.5 Å². The van der Waals surface area contributed by atoms with Crippen molar-refractivity contribution in [3.8, 4) is 11.5 Å². The average molecular weight is 341 g/mol. The van der Waals surface area contributed by atoms with Gasteiger partial charge in [0.1, 0.15) is 17.5 Å². The van der Waals surface area contributed by atoms with Gasteiger partial charge in [-0.3, -0.25) is 4.79 Å². The number of nitrogens with one attached hydrogen (secondary N) is 2. The number of hydrazone groups is 1. The molecule has 0 saturated heterocycles. The summed E-state index contributed by atoms with van der Waals surface area (Å²) in [4.78, 5) is 12.3. The fourth-order valence-electron chi connectivity index (χ4n) is 2.26. The lowest BCUT2D eigenvalue weighted by Gasteiger charge is -2.16. The third-order valence-corrected chi connectivity index (χ3v) is 3.66. The van der Waals surface area contributed by atoms with Crippen LogP contribution in [-0.2, 0) is 4.79 Å². The molecule has 0 radical (unpaired) electrons. The van der Waals surface area contributed by atoms with E-state index in [1.165, 1.54) is 0 Å². The van der Waals surface area contributed by atoms with Crippen molar-refractivity contribution in [3.05, 3.63) is 54.1 Å². The van der Waals surface area contributed by atoms with Gasteiger partial charge >= 0.3 is 0 Å². The molecule has 1 amide bonds. The van der Waals surface area contributed by atoms with Gasteiger partial charge in [-0.15, -0.1) is 0 Å². The van der Waals surface area contributed by atoms with Gasteiger partial charge in [-0.1, -0.05) is 25.1 Å². The first kappa shape index (κ1) is 18.3. The van der Waals surface area contributed by atoms with Crippen molar-refractivity contribution in [3.63, 3.8) is 0 Å². The Hall–Kier alpha value is -3.02. The van der Waals surface area contributed by atoms with Crippen molar-refractivity contribution in [1.29, 1.82) is 0 Å². The Morgan fingerprint density at radius 1 is 1.16 bits per heavy atom. The van der Waals surface area contributed by atoms with Crippen LogP contribution in [0.3, 0.4) is 0 Å². The molecule has 2 N–H and O–H groups in total. The number of ether oxygens (including phenoxy) is 2. The molecule has 0 aliphatic rings. The smallest absolute Gasteiger partial charge is 0.262 e. The van der Waals surface area contributed by atoms with Gasteiger partial charge in [-0.2, -0.15) is 5.10 Å². The quantitative estimate of drug-likeness (QED) is 0.572. The fraction of sp³-hybridized carbons (Fsp3) is 0.263. The van der Waals surface area contributed by atoms with Crippen LogP contribution < -0.4 is 20.2 Å². The molecule has 0 unspecified atom stereocenters. The summed E-state index contributed by atoms with van der Waals surface area (Å²) in [6.07, 6.45) is 2.19. The SMILES string of the molecule is CC[C@@H](Nc1ccccc1)C(=O)N/N=C\c1ccc(OC)cc1OC. The zero-order chi connectivity index (χ0) is 18.1. The molecule has 0 spiro atoms. The van der Waals surface area contributed by atoms with Gasteiger partial charge in [0, 0.05) is 17.3 Å². The molecule has 0 fully saturated rings. The second-order valence-electron chi connectivity index (χ2n) is 5.31. The number of rotatable bonds is 8. The van der Waals surface area contributed by atoms with E-state index >= 15 is 0 Å². The van der Waals surface area contributed by atoms with E-state index in [-0.39, 0.29) is 11.9 Å². The molecule has 2 aromatic carbocycles. The summed E-state index contributed by atoms with van der Waals surface area (Å²) in [6, 6.07) is 14.6. The number of nitrogens with zero attached hydrogens (tertiary/aromatic N) is 1. The summed E-state index contributed by atoms with van der Waals surface area (Å²) in [5.74, 6) is 1.11. The van der Waals surface area contributed by atoms with Crippen molar-refractivity contribution in [2.75, 3.05) is 19.5 Å². The first-order valence-electron chi connectivity index (χ1n) is 8.04. The standard InChI is InChI=1S/C19H23N3O3/c1-4-17(21-15-8-6-5-7-9-15)19(23)22-20-13-14-10-11-16(24-2)12-18(14)25-3/h5-13,17,21H,4H2,1-3H3,(H,22,23)/b20-13-/t17-/m1/s1. The maximum Gasteiger partial charge on any atom is 0.262 e. The highest BCUT2D eigenvalue weighted by molar-refractivity contribution is 5.88. The monoisotopic (exact) mass is 341 g/mol. The first-order chi connectivity index (χ1) is 12.2.